The Labute approximate surface area is 135 Å². The molecule has 1 aromatic carbocycles. The Morgan fingerprint density at radius 1 is 0.818 bits per heavy atom. The number of furan rings is 1. The third-order valence-corrected chi connectivity index (χ3v) is 4.25. The lowest BCUT2D eigenvalue weighted by molar-refractivity contribution is 0.491. The third kappa shape index (κ3) is 3.63. The van der Waals surface area contributed by atoms with E-state index in [2.05, 4.69) is 66.7 Å². The van der Waals surface area contributed by atoms with E-state index in [4.69, 9.17) is 4.42 Å². The molecule has 0 spiro atoms. The molecule has 0 saturated carbocycles. The fourth-order valence-corrected chi connectivity index (χ4v) is 2.95. The van der Waals surface area contributed by atoms with Crippen molar-refractivity contribution in [2.24, 2.45) is 0 Å². The molecule has 2 rings (SSSR count). The zero-order valence-corrected chi connectivity index (χ0v) is 15.4. The summed E-state index contributed by atoms with van der Waals surface area (Å²) >= 11 is 0. The Kier molecular flexibility index (Phi) is 4.30. The second kappa shape index (κ2) is 5.61. The fraction of sp³-hybridized carbons (Fsp3) is 0.524. The molecule has 0 N–H and O–H groups in total. The highest BCUT2D eigenvalue weighted by Crippen LogP contribution is 2.36. The Bertz CT molecular complexity index is 660. The number of benzene rings is 1. The smallest absolute Gasteiger partial charge is 0.108 e. The van der Waals surface area contributed by atoms with Crippen LogP contribution in [0.15, 0.2) is 28.7 Å². The first-order valence-electron chi connectivity index (χ1n) is 8.18. The summed E-state index contributed by atoms with van der Waals surface area (Å²) in [6, 6.07) is 8.90. The molecule has 2 aromatic rings. The minimum atomic E-state index is 0.143. The highest BCUT2D eigenvalue weighted by atomic mass is 16.3. The number of aryl methyl sites for hydroxylation is 2. The fourth-order valence-electron chi connectivity index (χ4n) is 2.95. The van der Waals surface area contributed by atoms with Gasteiger partial charge in [0.25, 0.3) is 0 Å². The van der Waals surface area contributed by atoms with Gasteiger partial charge >= 0.3 is 0 Å². The predicted molar refractivity (Wildman–Crippen MR) is 94.8 cm³/mol. The standard InChI is InChI=1S/C21H30O/c1-14-11-18(20(3,4)5)19(21(6,7)8)13-16(14)12-17-10-9-15(2)22-17/h9-11,13H,12H2,1-8H3. The molecular weight excluding hydrogens is 268 g/mol. The molecule has 1 aromatic heterocycles. The highest BCUT2D eigenvalue weighted by Gasteiger charge is 2.26. The molecule has 0 fully saturated rings. The van der Waals surface area contributed by atoms with Crippen LogP contribution >= 0.6 is 0 Å². The van der Waals surface area contributed by atoms with E-state index in [0.717, 1.165) is 17.9 Å². The van der Waals surface area contributed by atoms with Crippen LogP contribution in [0.4, 0.5) is 0 Å². The minimum Gasteiger partial charge on any atom is -0.466 e. The van der Waals surface area contributed by atoms with Crippen LogP contribution in [0.5, 0.6) is 0 Å². The SMILES string of the molecule is Cc1ccc(Cc2cc(C(C)(C)C)c(C(C)(C)C)cc2C)o1. The molecule has 0 aliphatic carbocycles. The summed E-state index contributed by atoms with van der Waals surface area (Å²) in [6.07, 6.45) is 0.868. The molecule has 0 bridgehead atoms. The van der Waals surface area contributed by atoms with Gasteiger partial charge < -0.3 is 4.42 Å². The van der Waals surface area contributed by atoms with E-state index in [9.17, 15) is 0 Å². The lowest BCUT2D eigenvalue weighted by Gasteiger charge is -2.31. The van der Waals surface area contributed by atoms with E-state index in [1.807, 2.05) is 13.0 Å². The molecule has 0 saturated heterocycles. The van der Waals surface area contributed by atoms with Crippen molar-refractivity contribution in [2.75, 3.05) is 0 Å². The average molecular weight is 298 g/mol. The van der Waals surface area contributed by atoms with E-state index in [1.54, 1.807) is 0 Å². The van der Waals surface area contributed by atoms with Gasteiger partial charge in [-0.25, -0.2) is 0 Å². The third-order valence-electron chi connectivity index (χ3n) is 4.25. The topological polar surface area (TPSA) is 13.1 Å². The van der Waals surface area contributed by atoms with Crippen molar-refractivity contribution in [3.05, 3.63) is 58.0 Å². The second-order valence-electron chi connectivity index (χ2n) is 8.51. The lowest BCUT2D eigenvalue weighted by atomic mass is 9.73. The first kappa shape index (κ1) is 16.9. The minimum absolute atomic E-state index is 0.143. The van der Waals surface area contributed by atoms with Crippen LogP contribution in [0.25, 0.3) is 0 Å². The summed E-state index contributed by atoms with van der Waals surface area (Å²) in [7, 11) is 0. The summed E-state index contributed by atoms with van der Waals surface area (Å²) in [5.74, 6) is 2.03. The molecule has 0 unspecified atom stereocenters. The van der Waals surface area contributed by atoms with Crippen molar-refractivity contribution < 1.29 is 4.42 Å². The van der Waals surface area contributed by atoms with Crippen molar-refractivity contribution in [1.29, 1.82) is 0 Å². The van der Waals surface area contributed by atoms with Gasteiger partial charge in [0.1, 0.15) is 11.5 Å². The van der Waals surface area contributed by atoms with Gasteiger partial charge in [-0.2, -0.15) is 0 Å². The van der Waals surface area contributed by atoms with Crippen molar-refractivity contribution in [2.45, 2.75) is 72.6 Å². The Morgan fingerprint density at radius 2 is 1.36 bits per heavy atom. The summed E-state index contributed by atoms with van der Waals surface area (Å²) in [6.45, 7) is 18.0. The molecule has 0 aliphatic heterocycles. The van der Waals surface area contributed by atoms with Crippen molar-refractivity contribution in [3.8, 4) is 0 Å². The van der Waals surface area contributed by atoms with Crippen molar-refractivity contribution in [3.63, 3.8) is 0 Å². The largest absolute Gasteiger partial charge is 0.466 e. The Hall–Kier alpha value is -1.50. The molecule has 1 nitrogen and oxygen atoms in total. The van der Waals surface area contributed by atoms with E-state index in [-0.39, 0.29) is 10.8 Å². The van der Waals surface area contributed by atoms with Crippen LogP contribution in [0.2, 0.25) is 0 Å². The summed E-state index contributed by atoms with van der Waals surface area (Å²) in [5, 5.41) is 0. The Morgan fingerprint density at radius 3 is 1.82 bits per heavy atom. The van der Waals surface area contributed by atoms with Crippen LogP contribution in [-0.2, 0) is 17.3 Å². The van der Waals surface area contributed by atoms with Gasteiger partial charge in [0.2, 0.25) is 0 Å². The molecule has 120 valence electrons. The molecule has 0 amide bonds. The monoisotopic (exact) mass is 298 g/mol. The van der Waals surface area contributed by atoms with Gasteiger partial charge in [0.15, 0.2) is 0 Å². The van der Waals surface area contributed by atoms with Gasteiger partial charge in [0.05, 0.1) is 0 Å². The van der Waals surface area contributed by atoms with Gasteiger partial charge in [0, 0.05) is 6.42 Å². The maximum atomic E-state index is 5.77. The van der Waals surface area contributed by atoms with E-state index >= 15 is 0 Å². The van der Waals surface area contributed by atoms with Crippen LogP contribution in [-0.4, -0.2) is 0 Å². The van der Waals surface area contributed by atoms with E-state index in [1.165, 1.54) is 22.3 Å². The molecular formula is C21H30O. The van der Waals surface area contributed by atoms with Crippen LogP contribution < -0.4 is 0 Å². The summed E-state index contributed by atoms with van der Waals surface area (Å²) in [5.41, 5.74) is 5.93. The summed E-state index contributed by atoms with van der Waals surface area (Å²) < 4.78 is 5.77. The first-order valence-corrected chi connectivity index (χ1v) is 8.18. The van der Waals surface area contributed by atoms with E-state index in [0.29, 0.717) is 0 Å². The first-order chi connectivity index (χ1) is 9.98. The molecule has 1 heteroatoms. The predicted octanol–water partition coefficient (Wildman–Crippen LogP) is 6.08. The number of hydrogen-bond donors (Lipinski definition) is 0. The van der Waals surface area contributed by atoms with Gasteiger partial charge in [-0.05, 0) is 59.1 Å². The van der Waals surface area contributed by atoms with Crippen molar-refractivity contribution >= 4 is 0 Å². The zero-order valence-electron chi connectivity index (χ0n) is 15.4. The second-order valence-corrected chi connectivity index (χ2v) is 8.51. The average Bonchev–Trinajstić information content (AvgIpc) is 2.74. The number of hydrogen-bond acceptors (Lipinski definition) is 1. The number of rotatable bonds is 2. The van der Waals surface area contributed by atoms with Crippen LogP contribution in [0.1, 0.15) is 75.3 Å². The summed E-state index contributed by atoms with van der Waals surface area (Å²) in [4.78, 5) is 0. The van der Waals surface area contributed by atoms with E-state index < -0.39 is 0 Å². The quantitative estimate of drug-likeness (QED) is 0.654. The molecule has 1 heterocycles. The highest BCUT2D eigenvalue weighted by molar-refractivity contribution is 5.45. The Balaban J connectivity index is 2.53. The lowest BCUT2D eigenvalue weighted by Crippen LogP contribution is -2.22. The molecule has 0 atom stereocenters. The van der Waals surface area contributed by atoms with Crippen LogP contribution in [0.3, 0.4) is 0 Å². The maximum Gasteiger partial charge on any atom is 0.108 e. The molecule has 0 aliphatic rings. The van der Waals surface area contributed by atoms with Crippen molar-refractivity contribution in [1.82, 2.24) is 0 Å². The molecule has 0 radical (unpaired) electrons. The van der Waals surface area contributed by atoms with Crippen LogP contribution in [0, 0.1) is 13.8 Å². The normalized spacial score (nSPS) is 12.7. The maximum absolute atomic E-state index is 5.77. The van der Waals surface area contributed by atoms with Gasteiger partial charge in [-0.15, -0.1) is 0 Å². The van der Waals surface area contributed by atoms with Gasteiger partial charge in [-0.3, -0.25) is 0 Å². The van der Waals surface area contributed by atoms with Gasteiger partial charge in [-0.1, -0.05) is 53.7 Å². The zero-order chi connectivity index (χ0) is 16.7. The molecule has 22 heavy (non-hydrogen) atoms.